The molecule has 0 spiro atoms. The number of nitrogens with one attached hydrogen (secondary N) is 3. The number of ether oxygens (including phenoxy) is 1. The maximum Gasteiger partial charge on any atom is 0.407 e. The van der Waals surface area contributed by atoms with Gasteiger partial charge in [0.2, 0.25) is 0 Å². The number of benzene rings is 1. The predicted molar refractivity (Wildman–Crippen MR) is 103 cm³/mol. The van der Waals surface area contributed by atoms with Gasteiger partial charge in [0.15, 0.2) is 5.11 Å². The molecule has 0 heterocycles. The van der Waals surface area contributed by atoms with Crippen LogP contribution in [0.3, 0.4) is 0 Å². The van der Waals surface area contributed by atoms with Crippen molar-refractivity contribution in [3.8, 4) is 0 Å². The summed E-state index contributed by atoms with van der Waals surface area (Å²) >= 11 is 5.23. The summed E-state index contributed by atoms with van der Waals surface area (Å²) in [6, 6.07) is 7.48. The van der Waals surface area contributed by atoms with Crippen molar-refractivity contribution in [2.45, 2.75) is 45.6 Å². The van der Waals surface area contributed by atoms with E-state index in [1.807, 2.05) is 45.0 Å². The minimum Gasteiger partial charge on any atom is -0.444 e. The number of nitrogens with two attached hydrogens (primary N) is 1. The number of nitrogen functional groups attached to an aromatic ring is 1. The average Bonchev–Trinajstić information content (AvgIpc) is 2.47. The number of anilines is 2. The van der Waals surface area contributed by atoms with Gasteiger partial charge in [-0.05, 0) is 64.4 Å². The van der Waals surface area contributed by atoms with Crippen molar-refractivity contribution >= 4 is 34.8 Å². The van der Waals surface area contributed by atoms with Gasteiger partial charge in [-0.1, -0.05) is 12.1 Å². The third-order valence-corrected chi connectivity index (χ3v) is 3.26. The minimum absolute atomic E-state index is 0.369. The fourth-order valence-corrected chi connectivity index (χ4v) is 2.12. The van der Waals surface area contributed by atoms with Crippen molar-refractivity contribution < 1.29 is 9.53 Å². The van der Waals surface area contributed by atoms with Gasteiger partial charge in [0.1, 0.15) is 5.60 Å². The second-order valence-electron chi connectivity index (χ2n) is 6.46. The molecule has 1 amide bonds. The quantitative estimate of drug-likeness (QED) is 0.342. The standard InChI is InChI=1S/C17H28N4O2S/c1-17(2,3)23-16(22)20-12-8-4-7-11-19-15(24)21-14-10-6-5-9-13(14)18/h5-6,9-10H,4,7-8,11-12,18H2,1-3H3,(H,20,22)(H2,19,21,24). The molecule has 1 aromatic rings. The number of para-hydroxylation sites is 2. The first kappa shape index (κ1) is 20.0. The largest absolute Gasteiger partial charge is 0.444 e. The predicted octanol–water partition coefficient (Wildman–Crippen LogP) is 3.25. The Morgan fingerprint density at radius 1 is 1.12 bits per heavy atom. The van der Waals surface area contributed by atoms with Crippen LogP contribution in [0, 0.1) is 0 Å². The van der Waals surface area contributed by atoms with Crippen LogP contribution in [0.5, 0.6) is 0 Å². The second-order valence-corrected chi connectivity index (χ2v) is 6.87. The first-order valence-electron chi connectivity index (χ1n) is 8.14. The highest BCUT2D eigenvalue weighted by atomic mass is 32.1. The number of hydrogen-bond acceptors (Lipinski definition) is 4. The summed E-state index contributed by atoms with van der Waals surface area (Å²) in [6.07, 6.45) is 2.47. The summed E-state index contributed by atoms with van der Waals surface area (Å²) < 4.78 is 5.17. The van der Waals surface area contributed by atoms with Gasteiger partial charge >= 0.3 is 6.09 Å². The van der Waals surface area contributed by atoms with Crippen LogP contribution in [0.4, 0.5) is 16.2 Å². The maximum atomic E-state index is 11.5. The highest BCUT2D eigenvalue weighted by Gasteiger charge is 2.15. The van der Waals surface area contributed by atoms with E-state index in [2.05, 4.69) is 16.0 Å². The highest BCUT2D eigenvalue weighted by Crippen LogP contribution is 2.16. The number of alkyl carbamates (subject to hydrolysis) is 1. The summed E-state index contributed by atoms with van der Waals surface area (Å²) in [7, 11) is 0. The Labute approximate surface area is 149 Å². The van der Waals surface area contributed by atoms with E-state index < -0.39 is 5.60 Å². The maximum absolute atomic E-state index is 11.5. The molecule has 0 aromatic heterocycles. The van der Waals surface area contributed by atoms with Gasteiger partial charge in [0.25, 0.3) is 0 Å². The van der Waals surface area contributed by atoms with Gasteiger partial charge in [-0.3, -0.25) is 0 Å². The molecule has 0 fully saturated rings. The molecule has 0 aliphatic heterocycles. The molecular weight excluding hydrogens is 324 g/mol. The summed E-state index contributed by atoms with van der Waals surface area (Å²) in [6.45, 7) is 6.91. The summed E-state index contributed by atoms with van der Waals surface area (Å²) in [4.78, 5) is 11.5. The highest BCUT2D eigenvalue weighted by molar-refractivity contribution is 7.80. The van der Waals surface area contributed by atoms with Crippen LogP contribution in [-0.2, 0) is 4.74 Å². The zero-order valence-electron chi connectivity index (χ0n) is 14.6. The minimum atomic E-state index is -0.459. The Morgan fingerprint density at radius 3 is 2.38 bits per heavy atom. The fourth-order valence-electron chi connectivity index (χ4n) is 1.91. The third kappa shape index (κ3) is 9.19. The molecule has 0 unspecified atom stereocenters. The molecule has 6 nitrogen and oxygen atoms in total. The van der Waals surface area contributed by atoms with Crippen LogP contribution >= 0.6 is 12.2 Å². The van der Waals surface area contributed by atoms with E-state index in [0.29, 0.717) is 17.3 Å². The molecule has 7 heteroatoms. The molecule has 0 radical (unpaired) electrons. The number of thiocarbonyl (C=S) groups is 1. The van der Waals surface area contributed by atoms with Crippen LogP contribution in [0.1, 0.15) is 40.0 Å². The smallest absolute Gasteiger partial charge is 0.407 e. The van der Waals surface area contributed by atoms with Crippen molar-refractivity contribution in [3.63, 3.8) is 0 Å². The number of carbonyl (C=O) groups excluding carboxylic acids is 1. The number of rotatable bonds is 7. The van der Waals surface area contributed by atoms with Crippen molar-refractivity contribution in [1.82, 2.24) is 10.6 Å². The Kier molecular flexibility index (Phi) is 8.32. The van der Waals surface area contributed by atoms with E-state index >= 15 is 0 Å². The molecule has 134 valence electrons. The summed E-state index contributed by atoms with van der Waals surface area (Å²) in [5.74, 6) is 0. The normalized spacial score (nSPS) is 10.8. The van der Waals surface area contributed by atoms with Gasteiger partial charge in [-0.2, -0.15) is 0 Å². The Balaban J connectivity index is 2.05. The van der Waals surface area contributed by atoms with E-state index in [1.165, 1.54) is 0 Å². The lowest BCUT2D eigenvalue weighted by Crippen LogP contribution is -2.33. The Bertz CT molecular complexity index is 544. The number of unbranched alkanes of at least 4 members (excludes halogenated alkanes) is 2. The van der Waals surface area contributed by atoms with Gasteiger partial charge in [0.05, 0.1) is 11.4 Å². The van der Waals surface area contributed by atoms with Crippen LogP contribution < -0.4 is 21.7 Å². The molecule has 0 saturated heterocycles. The number of hydrogen-bond donors (Lipinski definition) is 4. The van der Waals surface area contributed by atoms with E-state index in [1.54, 1.807) is 0 Å². The molecule has 1 aromatic carbocycles. The van der Waals surface area contributed by atoms with Gasteiger partial charge in [-0.25, -0.2) is 4.79 Å². The first-order chi connectivity index (χ1) is 11.3. The zero-order chi connectivity index (χ0) is 18.0. The summed E-state index contributed by atoms with van der Waals surface area (Å²) in [5, 5.41) is 9.51. The molecule has 0 saturated carbocycles. The van der Waals surface area contributed by atoms with Crippen LogP contribution in [0.25, 0.3) is 0 Å². The van der Waals surface area contributed by atoms with E-state index in [0.717, 1.165) is 31.5 Å². The molecule has 0 aliphatic carbocycles. The SMILES string of the molecule is CC(C)(C)OC(=O)NCCCCCNC(=S)Nc1ccccc1N. The number of amides is 1. The average molecular weight is 353 g/mol. The lowest BCUT2D eigenvalue weighted by molar-refractivity contribution is 0.0527. The van der Waals surface area contributed by atoms with Crippen molar-refractivity contribution in [3.05, 3.63) is 24.3 Å². The molecule has 1 rings (SSSR count). The lowest BCUT2D eigenvalue weighted by atomic mass is 10.2. The zero-order valence-corrected chi connectivity index (χ0v) is 15.5. The van der Waals surface area contributed by atoms with Gasteiger partial charge in [0, 0.05) is 13.1 Å². The lowest BCUT2D eigenvalue weighted by Gasteiger charge is -2.19. The molecule has 0 bridgehead atoms. The monoisotopic (exact) mass is 352 g/mol. The molecular formula is C17H28N4O2S. The first-order valence-corrected chi connectivity index (χ1v) is 8.55. The summed E-state index contributed by atoms with van der Waals surface area (Å²) in [5.41, 5.74) is 6.85. The fraction of sp³-hybridized carbons (Fsp3) is 0.529. The molecule has 24 heavy (non-hydrogen) atoms. The van der Waals surface area contributed by atoms with E-state index in [4.69, 9.17) is 22.7 Å². The van der Waals surface area contributed by atoms with Crippen LogP contribution in [0.2, 0.25) is 0 Å². The van der Waals surface area contributed by atoms with E-state index in [-0.39, 0.29) is 6.09 Å². The van der Waals surface area contributed by atoms with Crippen molar-refractivity contribution in [2.24, 2.45) is 0 Å². The number of carbonyl (C=O) groups is 1. The molecule has 5 N–H and O–H groups in total. The second kappa shape index (κ2) is 9.97. The Morgan fingerprint density at radius 2 is 1.75 bits per heavy atom. The van der Waals surface area contributed by atoms with Crippen LogP contribution in [0.15, 0.2) is 24.3 Å². The van der Waals surface area contributed by atoms with Crippen molar-refractivity contribution in [2.75, 3.05) is 24.1 Å². The molecule has 0 aliphatic rings. The Hall–Kier alpha value is -2.02. The van der Waals surface area contributed by atoms with Crippen molar-refractivity contribution in [1.29, 1.82) is 0 Å². The third-order valence-electron chi connectivity index (χ3n) is 3.02. The van der Waals surface area contributed by atoms with E-state index in [9.17, 15) is 4.79 Å². The van der Waals surface area contributed by atoms with Crippen LogP contribution in [-0.4, -0.2) is 29.9 Å². The molecule has 0 atom stereocenters. The topological polar surface area (TPSA) is 88.4 Å². The van der Waals surface area contributed by atoms with Gasteiger partial charge in [-0.15, -0.1) is 0 Å². The van der Waals surface area contributed by atoms with Gasteiger partial charge < -0.3 is 26.4 Å².